The lowest BCUT2D eigenvalue weighted by atomic mass is 10.1. The molecule has 0 fully saturated rings. The van der Waals surface area contributed by atoms with E-state index in [0.29, 0.717) is 25.3 Å². The van der Waals surface area contributed by atoms with Crippen molar-refractivity contribution in [2.75, 3.05) is 30.3 Å². The molecule has 30 heavy (non-hydrogen) atoms. The van der Waals surface area contributed by atoms with Crippen molar-refractivity contribution < 1.29 is 17.9 Å². The molecule has 0 atom stereocenters. The summed E-state index contributed by atoms with van der Waals surface area (Å²) in [5.41, 5.74) is 4.87. The Labute approximate surface area is 180 Å². The molecule has 0 saturated heterocycles. The molecule has 2 rings (SSSR count). The number of hydrogen-bond acceptors (Lipinski definition) is 4. The van der Waals surface area contributed by atoms with Gasteiger partial charge in [0.25, 0.3) is 0 Å². The third-order valence-electron chi connectivity index (χ3n) is 4.80. The van der Waals surface area contributed by atoms with Crippen LogP contribution < -0.4 is 14.4 Å². The molecule has 1 N–H and O–H groups in total. The Bertz CT molecular complexity index is 987. The zero-order valence-electron chi connectivity index (χ0n) is 18.5. The molecule has 2 aromatic rings. The molecule has 0 unspecified atom stereocenters. The molecule has 0 radical (unpaired) electrons. The lowest BCUT2D eigenvalue weighted by Crippen LogP contribution is -2.33. The molecular formula is C23H32N2O4S. The molecule has 2 aromatic carbocycles. The third kappa shape index (κ3) is 7.06. The molecule has 0 heterocycles. The summed E-state index contributed by atoms with van der Waals surface area (Å²) in [6.45, 7) is 8.92. The van der Waals surface area contributed by atoms with Crippen LogP contribution in [0.4, 0.5) is 5.69 Å². The maximum Gasteiger partial charge on any atom is 0.232 e. The fraction of sp³-hybridized carbons (Fsp3) is 0.435. The van der Waals surface area contributed by atoms with Gasteiger partial charge >= 0.3 is 0 Å². The molecule has 0 spiro atoms. The average molecular weight is 433 g/mol. The first-order valence-corrected chi connectivity index (χ1v) is 11.9. The number of carbonyl (C=O) groups excluding carboxylic acids is 1. The molecule has 0 aliphatic heterocycles. The van der Waals surface area contributed by atoms with E-state index in [9.17, 15) is 13.2 Å². The number of nitrogens with zero attached hydrogens (tertiary/aromatic N) is 1. The minimum absolute atomic E-state index is 0.117. The normalized spacial score (nSPS) is 11.2. The van der Waals surface area contributed by atoms with Crippen LogP contribution in [-0.4, -0.2) is 40.3 Å². The molecule has 0 aromatic heterocycles. The van der Waals surface area contributed by atoms with Crippen molar-refractivity contribution in [3.63, 3.8) is 0 Å². The van der Waals surface area contributed by atoms with E-state index in [2.05, 4.69) is 11.4 Å². The number of amides is 1. The van der Waals surface area contributed by atoms with Crippen LogP contribution in [0.1, 0.15) is 35.1 Å². The lowest BCUT2D eigenvalue weighted by molar-refractivity contribution is -0.121. The molecule has 1 amide bonds. The molecule has 0 aliphatic carbocycles. The van der Waals surface area contributed by atoms with Gasteiger partial charge in [-0.3, -0.25) is 9.10 Å². The minimum Gasteiger partial charge on any atom is -0.491 e. The maximum absolute atomic E-state index is 12.2. The van der Waals surface area contributed by atoms with Crippen LogP contribution in [-0.2, 0) is 14.8 Å². The monoisotopic (exact) mass is 432 g/mol. The molecule has 0 saturated carbocycles. The van der Waals surface area contributed by atoms with Crippen molar-refractivity contribution in [1.29, 1.82) is 0 Å². The standard InChI is InChI=1S/C23H32N2O4S/c1-17-8-10-21(19(3)15-17)25(30(5,27)28)13-6-7-23(26)24-12-14-29-22-11-9-18(2)16-20(22)4/h8-11,15-16H,6-7,12-14H2,1-5H3,(H,24,26). The van der Waals surface area contributed by atoms with E-state index < -0.39 is 10.0 Å². The molecular weight excluding hydrogens is 400 g/mol. The fourth-order valence-corrected chi connectivity index (χ4v) is 4.36. The number of ether oxygens (including phenoxy) is 1. The van der Waals surface area contributed by atoms with Crippen molar-refractivity contribution in [1.82, 2.24) is 5.32 Å². The number of anilines is 1. The van der Waals surface area contributed by atoms with Gasteiger partial charge in [-0.15, -0.1) is 0 Å². The van der Waals surface area contributed by atoms with Gasteiger partial charge in [0, 0.05) is 13.0 Å². The summed E-state index contributed by atoms with van der Waals surface area (Å²) in [5.74, 6) is 0.695. The van der Waals surface area contributed by atoms with E-state index in [4.69, 9.17) is 4.74 Å². The number of sulfonamides is 1. The highest BCUT2D eigenvalue weighted by Gasteiger charge is 2.19. The van der Waals surface area contributed by atoms with Crippen LogP contribution in [0.3, 0.4) is 0 Å². The molecule has 7 heteroatoms. The Morgan fingerprint density at radius 1 is 1.00 bits per heavy atom. The highest BCUT2D eigenvalue weighted by Crippen LogP contribution is 2.24. The van der Waals surface area contributed by atoms with Gasteiger partial charge in [-0.2, -0.15) is 0 Å². The zero-order valence-corrected chi connectivity index (χ0v) is 19.3. The Balaban J connectivity index is 1.80. The quantitative estimate of drug-likeness (QED) is 0.582. The van der Waals surface area contributed by atoms with E-state index in [1.54, 1.807) is 0 Å². The topological polar surface area (TPSA) is 75.7 Å². The van der Waals surface area contributed by atoms with E-state index in [-0.39, 0.29) is 18.9 Å². The summed E-state index contributed by atoms with van der Waals surface area (Å²) in [4.78, 5) is 12.1. The first-order chi connectivity index (χ1) is 14.1. The molecule has 164 valence electrons. The Morgan fingerprint density at radius 3 is 2.23 bits per heavy atom. The summed E-state index contributed by atoms with van der Waals surface area (Å²) in [6.07, 6.45) is 1.88. The SMILES string of the molecule is Cc1ccc(OCCNC(=O)CCCN(c2ccc(C)cc2C)S(C)(=O)=O)c(C)c1. The van der Waals surface area contributed by atoms with Crippen molar-refractivity contribution >= 4 is 21.6 Å². The summed E-state index contributed by atoms with van der Waals surface area (Å²) in [6, 6.07) is 11.6. The smallest absolute Gasteiger partial charge is 0.232 e. The summed E-state index contributed by atoms with van der Waals surface area (Å²) >= 11 is 0. The van der Waals surface area contributed by atoms with Gasteiger partial charge in [-0.05, 0) is 57.4 Å². The van der Waals surface area contributed by atoms with Gasteiger partial charge < -0.3 is 10.1 Å². The number of carbonyl (C=O) groups is 1. The largest absolute Gasteiger partial charge is 0.491 e. The van der Waals surface area contributed by atoms with Crippen LogP contribution in [0, 0.1) is 27.7 Å². The van der Waals surface area contributed by atoms with Crippen LogP contribution in [0.25, 0.3) is 0 Å². The molecule has 6 nitrogen and oxygen atoms in total. The van der Waals surface area contributed by atoms with Gasteiger partial charge in [0.1, 0.15) is 12.4 Å². The van der Waals surface area contributed by atoms with Crippen LogP contribution in [0.2, 0.25) is 0 Å². The predicted octanol–water partition coefficient (Wildman–Crippen LogP) is 3.66. The number of rotatable bonds is 10. The zero-order chi connectivity index (χ0) is 22.3. The number of hydrogen-bond donors (Lipinski definition) is 1. The van der Waals surface area contributed by atoms with E-state index in [1.165, 1.54) is 16.1 Å². The van der Waals surface area contributed by atoms with Crippen molar-refractivity contribution in [2.24, 2.45) is 0 Å². The van der Waals surface area contributed by atoms with Gasteiger partial charge in [-0.25, -0.2) is 8.42 Å². The number of nitrogens with one attached hydrogen (secondary N) is 1. The van der Waals surface area contributed by atoms with E-state index in [1.807, 2.05) is 58.0 Å². The van der Waals surface area contributed by atoms with Crippen molar-refractivity contribution in [3.8, 4) is 5.75 Å². The second-order valence-electron chi connectivity index (χ2n) is 7.70. The van der Waals surface area contributed by atoms with Gasteiger partial charge in [-0.1, -0.05) is 35.4 Å². The van der Waals surface area contributed by atoms with E-state index in [0.717, 1.165) is 22.4 Å². The Hall–Kier alpha value is -2.54. The highest BCUT2D eigenvalue weighted by atomic mass is 32.2. The number of aryl methyl sites for hydroxylation is 4. The minimum atomic E-state index is -3.43. The average Bonchev–Trinajstić information content (AvgIpc) is 2.64. The Kier molecular flexibility index (Phi) is 8.29. The predicted molar refractivity (Wildman–Crippen MR) is 122 cm³/mol. The highest BCUT2D eigenvalue weighted by molar-refractivity contribution is 7.92. The Morgan fingerprint density at radius 2 is 1.63 bits per heavy atom. The third-order valence-corrected chi connectivity index (χ3v) is 5.98. The maximum atomic E-state index is 12.2. The van der Waals surface area contributed by atoms with Crippen LogP contribution in [0.15, 0.2) is 36.4 Å². The van der Waals surface area contributed by atoms with Crippen LogP contribution in [0.5, 0.6) is 5.75 Å². The van der Waals surface area contributed by atoms with Crippen molar-refractivity contribution in [3.05, 3.63) is 58.7 Å². The van der Waals surface area contributed by atoms with Crippen molar-refractivity contribution in [2.45, 2.75) is 40.5 Å². The van der Waals surface area contributed by atoms with E-state index >= 15 is 0 Å². The summed E-state index contributed by atoms with van der Waals surface area (Å²) in [5, 5.41) is 2.82. The summed E-state index contributed by atoms with van der Waals surface area (Å²) < 4.78 is 31.6. The molecule has 0 bridgehead atoms. The molecule has 0 aliphatic rings. The first kappa shape index (κ1) is 23.7. The van der Waals surface area contributed by atoms with Gasteiger partial charge in [0.15, 0.2) is 0 Å². The second kappa shape index (κ2) is 10.5. The number of benzene rings is 2. The van der Waals surface area contributed by atoms with Gasteiger partial charge in [0.05, 0.1) is 18.5 Å². The first-order valence-electron chi connectivity index (χ1n) is 10.1. The fourth-order valence-electron chi connectivity index (χ4n) is 3.33. The second-order valence-corrected chi connectivity index (χ2v) is 9.60. The van der Waals surface area contributed by atoms with Crippen LogP contribution >= 0.6 is 0 Å². The van der Waals surface area contributed by atoms with Gasteiger partial charge in [0.2, 0.25) is 15.9 Å². The lowest BCUT2D eigenvalue weighted by Gasteiger charge is -2.24. The summed E-state index contributed by atoms with van der Waals surface area (Å²) in [7, 11) is -3.43.